The molecule has 0 bridgehead atoms. The molecule has 1 aromatic rings. The van der Waals surface area contributed by atoms with Gasteiger partial charge in [-0.25, -0.2) is 0 Å². The molecule has 1 aromatic carbocycles. The van der Waals surface area contributed by atoms with E-state index >= 15 is 0 Å². The molecule has 0 aromatic heterocycles. The lowest BCUT2D eigenvalue weighted by Gasteiger charge is -2.16. The summed E-state index contributed by atoms with van der Waals surface area (Å²) in [5, 5.41) is 0. The first-order valence-corrected chi connectivity index (χ1v) is 6.74. The highest BCUT2D eigenvalue weighted by atomic mass is 32.2. The van der Waals surface area contributed by atoms with Crippen molar-refractivity contribution < 1.29 is 8.42 Å². The first-order chi connectivity index (χ1) is 7.63. The fourth-order valence-electron chi connectivity index (χ4n) is 1.03. The van der Waals surface area contributed by atoms with Gasteiger partial charge in [-0.05, 0) is 19.1 Å². The summed E-state index contributed by atoms with van der Waals surface area (Å²) in [5.41, 5.74) is 6.21. The van der Waals surface area contributed by atoms with Crippen LogP contribution in [0.4, 0.5) is 0 Å². The molecular weight excluding hydrogens is 236 g/mol. The molecule has 0 unspecified atom stereocenters. The fraction of sp³-hybridized carbons (Fsp3) is 0.417. The zero-order valence-electron chi connectivity index (χ0n) is 10.6. The second-order valence-electron chi connectivity index (χ2n) is 5.01. The Labute approximate surface area is 103 Å². The predicted molar refractivity (Wildman–Crippen MR) is 69.4 cm³/mol. The first kappa shape index (κ1) is 13.7. The van der Waals surface area contributed by atoms with E-state index in [1.54, 1.807) is 12.1 Å². The number of sulfonamides is 1. The van der Waals surface area contributed by atoms with Gasteiger partial charge in [-0.2, -0.15) is 8.42 Å². The minimum Gasteiger partial charge on any atom is -0.386 e. The summed E-state index contributed by atoms with van der Waals surface area (Å²) in [4.78, 5) is 0.162. The maximum atomic E-state index is 11.9. The van der Waals surface area contributed by atoms with Gasteiger partial charge < -0.3 is 5.73 Å². The zero-order valence-corrected chi connectivity index (χ0v) is 11.4. The Morgan fingerprint density at radius 3 is 2.06 bits per heavy atom. The number of hydrogen-bond donors (Lipinski definition) is 1. The van der Waals surface area contributed by atoms with Crippen molar-refractivity contribution in [2.75, 3.05) is 0 Å². The van der Waals surface area contributed by atoms with Crippen LogP contribution in [-0.4, -0.2) is 14.3 Å². The topological polar surface area (TPSA) is 72.5 Å². The summed E-state index contributed by atoms with van der Waals surface area (Å²) in [6.45, 7) is 7.34. The van der Waals surface area contributed by atoms with Crippen molar-refractivity contribution in [1.82, 2.24) is 0 Å². The van der Waals surface area contributed by atoms with Crippen LogP contribution in [0.2, 0.25) is 0 Å². The second-order valence-corrected chi connectivity index (χ2v) is 6.62. The molecule has 0 saturated heterocycles. The van der Waals surface area contributed by atoms with E-state index in [2.05, 4.69) is 4.40 Å². The van der Waals surface area contributed by atoms with Crippen LogP contribution in [0.3, 0.4) is 0 Å². The molecule has 0 amide bonds. The number of rotatable bonds is 2. The number of aryl methyl sites for hydroxylation is 1. The molecule has 0 aliphatic carbocycles. The molecule has 5 heteroatoms. The van der Waals surface area contributed by atoms with Gasteiger partial charge in [0.25, 0.3) is 10.0 Å². The maximum Gasteiger partial charge on any atom is 0.283 e. The molecule has 2 N–H and O–H groups in total. The summed E-state index contributed by atoms with van der Waals surface area (Å²) < 4.78 is 27.5. The standard InChI is InChI=1S/C12H18N2O2S/c1-9-5-7-10(8-6-9)17(15,16)14-11(13)12(2,3)4/h5-8H,1-4H3,(H2,13,14). The van der Waals surface area contributed by atoms with Gasteiger partial charge in [0.05, 0.1) is 4.90 Å². The van der Waals surface area contributed by atoms with Crippen LogP contribution in [0.25, 0.3) is 0 Å². The van der Waals surface area contributed by atoms with Crippen molar-refractivity contribution in [3.8, 4) is 0 Å². The lowest BCUT2D eigenvalue weighted by molar-refractivity contribution is 0.577. The van der Waals surface area contributed by atoms with Gasteiger partial charge in [0, 0.05) is 5.41 Å². The van der Waals surface area contributed by atoms with E-state index in [0.717, 1.165) is 5.56 Å². The normalized spacial score (nSPS) is 13.8. The molecule has 0 heterocycles. The van der Waals surface area contributed by atoms with Crippen LogP contribution in [0.1, 0.15) is 26.3 Å². The molecule has 17 heavy (non-hydrogen) atoms. The van der Waals surface area contributed by atoms with Crippen LogP contribution in [0, 0.1) is 12.3 Å². The van der Waals surface area contributed by atoms with Crippen molar-refractivity contribution in [2.24, 2.45) is 15.5 Å². The molecule has 0 atom stereocenters. The van der Waals surface area contributed by atoms with Gasteiger partial charge in [-0.3, -0.25) is 0 Å². The summed E-state index contributed by atoms with van der Waals surface area (Å²) >= 11 is 0. The second kappa shape index (κ2) is 4.49. The van der Waals surface area contributed by atoms with Crippen molar-refractivity contribution in [3.05, 3.63) is 29.8 Å². The van der Waals surface area contributed by atoms with Crippen molar-refractivity contribution in [2.45, 2.75) is 32.6 Å². The van der Waals surface area contributed by atoms with Gasteiger partial charge in [-0.15, -0.1) is 4.40 Å². The Balaban J connectivity index is 3.18. The quantitative estimate of drug-likeness (QED) is 0.648. The summed E-state index contributed by atoms with van der Waals surface area (Å²) in [6, 6.07) is 6.53. The van der Waals surface area contributed by atoms with Gasteiger partial charge in [0.2, 0.25) is 0 Å². The smallest absolute Gasteiger partial charge is 0.283 e. The Morgan fingerprint density at radius 1 is 1.18 bits per heavy atom. The molecule has 0 saturated carbocycles. The minimum absolute atomic E-state index is 0.109. The Morgan fingerprint density at radius 2 is 1.65 bits per heavy atom. The zero-order chi connectivity index (χ0) is 13.3. The average Bonchev–Trinajstić information content (AvgIpc) is 2.16. The molecule has 4 nitrogen and oxygen atoms in total. The van der Waals surface area contributed by atoms with Gasteiger partial charge >= 0.3 is 0 Å². The molecule has 0 aliphatic heterocycles. The Bertz CT molecular complexity index is 523. The SMILES string of the molecule is Cc1ccc(S(=O)(=O)N=C(N)C(C)(C)C)cc1. The molecule has 0 radical (unpaired) electrons. The van der Waals surface area contributed by atoms with Crippen molar-refractivity contribution in [3.63, 3.8) is 0 Å². The van der Waals surface area contributed by atoms with Crippen LogP contribution < -0.4 is 5.73 Å². The Hall–Kier alpha value is -1.36. The van der Waals surface area contributed by atoms with Gasteiger partial charge in [-0.1, -0.05) is 38.5 Å². The third-order valence-electron chi connectivity index (χ3n) is 2.31. The highest BCUT2D eigenvalue weighted by Crippen LogP contribution is 2.18. The average molecular weight is 254 g/mol. The lowest BCUT2D eigenvalue weighted by Crippen LogP contribution is -2.30. The van der Waals surface area contributed by atoms with E-state index < -0.39 is 15.4 Å². The van der Waals surface area contributed by atoms with E-state index in [4.69, 9.17) is 5.73 Å². The van der Waals surface area contributed by atoms with Gasteiger partial charge in [0.15, 0.2) is 0 Å². The number of hydrogen-bond acceptors (Lipinski definition) is 2. The van der Waals surface area contributed by atoms with Crippen LogP contribution in [0.15, 0.2) is 33.6 Å². The van der Waals surface area contributed by atoms with Crippen LogP contribution in [-0.2, 0) is 10.0 Å². The van der Waals surface area contributed by atoms with Gasteiger partial charge in [0.1, 0.15) is 5.84 Å². The van der Waals surface area contributed by atoms with Crippen molar-refractivity contribution in [1.29, 1.82) is 0 Å². The van der Waals surface area contributed by atoms with E-state index in [1.807, 2.05) is 27.7 Å². The van der Waals surface area contributed by atoms with Crippen LogP contribution >= 0.6 is 0 Å². The summed E-state index contributed by atoms with van der Waals surface area (Å²) in [5.74, 6) is 0.109. The largest absolute Gasteiger partial charge is 0.386 e. The Kier molecular flexibility index (Phi) is 3.62. The number of nitrogens with zero attached hydrogens (tertiary/aromatic N) is 1. The number of benzene rings is 1. The van der Waals surface area contributed by atoms with E-state index in [9.17, 15) is 8.42 Å². The molecule has 0 aliphatic rings. The predicted octanol–water partition coefficient (Wildman–Crippen LogP) is 2.09. The minimum atomic E-state index is -3.70. The highest BCUT2D eigenvalue weighted by Gasteiger charge is 2.20. The summed E-state index contributed by atoms with van der Waals surface area (Å²) in [6.07, 6.45) is 0. The molecule has 0 fully saturated rings. The van der Waals surface area contributed by atoms with E-state index in [1.165, 1.54) is 12.1 Å². The highest BCUT2D eigenvalue weighted by molar-refractivity contribution is 7.90. The first-order valence-electron chi connectivity index (χ1n) is 5.30. The molecule has 1 rings (SSSR count). The molecular formula is C12H18N2O2S. The van der Waals surface area contributed by atoms with Crippen LogP contribution in [0.5, 0.6) is 0 Å². The van der Waals surface area contributed by atoms with E-state index in [-0.39, 0.29) is 10.7 Å². The maximum absolute atomic E-state index is 11.9. The molecule has 94 valence electrons. The fourth-order valence-corrected chi connectivity index (χ4v) is 2.15. The lowest BCUT2D eigenvalue weighted by atomic mass is 9.96. The van der Waals surface area contributed by atoms with Crippen molar-refractivity contribution >= 4 is 15.9 Å². The third-order valence-corrected chi connectivity index (χ3v) is 3.61. The number of nitrogens with two attached hydrogens (primary N) is 1. The third kappa shape index (κ3) is 3.56. The number of amidine groups is 1. The summed E-state index contributed by atoms with van der Waals surface area (Å²) in [7, 11) is -3.70. The monoisotopic (exact) mass is 254 g/mol. The van der Waals surface area contributed by atoms with E-state index in [0.29, 0.717) is 0 Å². The molecule has 0 spiro atoms.